The fourth-order valence-corrected chi connectivity index (χ4v) is 3.04. The van der Waals surface area contributed by atoms with Crippen molar-refractivity contribution >= 4 is 11.7 Å². The molecule has 0 radical (unpaired) electrons. The largest absolute Gasteiger partial charge is 0.468 e. The van der Waals surface area contributed by atoms with Crippen LogP contribution in [0.15, 0.2) is 24.3 Å². The third kappa shape index (κ3) is 3.38. The Hall–Kier alpha value is -1.55. The molecule has 1 N–H and O–H groups in total. The van der Waals surface area contributed by atoms with Crippen molar-refractivity contribution in [1.29, 1.82) is 0 Å². The first-order valence-corrected chi connectivity index (χ1v) is 7.64. The van der Waals surface area contributed by atoms with Crippen LogP contribution in [0, 0.1) is 12.8 Å². The number of esters is 1. The Labute approximate surface area is 127 Å². The third-order valence-electron chi connectivity index (χ3n) is 4.25. The zero-order valence-electron chi connectivity index (χ0n) is 13.5. The van der Waals surface area contributed by atoms with Crippen LogP contribution in [0.25, 0.3) is 0 Å². The first kappa shape index (κ1) is 15.8. The molecular weight excluding hydrogens is 264 g/mol. The van der Waals surface area contributed by atoms with E-state index in [1.54, 1.807) is 0 Å². The minimum Gasteiger partial charge on any atom is -0.468 e. The Bertz CT molecular complexity index is 499. The lowest BCUT2D eigenvalue weighted by Gasteiger charge is -2.36. The van der Waals surface area contributed by atoms with Gasteiger partial charge in [-0.3, -0.25) is 0 Å². The summed E-state index contributed by atoms with van der Waals surface area (Å²) in [7, 11) is 3.51. The molecule has 0 aliphatic heterocycles. The Morgan fingerprint density at radius 3 is 2.71 bits per heavy atom. The quantitative estimate of drug-likeness (QED) is 0.783. The van der Waals surface area contributed by atoms with Gasteiger partial charge in [-0.05, 0) is 49.9 Å². The van der Waals surface area contributed by atoms with Gasteiger partial charge in [-0.25, -0.2) is 4.79 Å². The van der Waals surface area contributed by atoms with Gasteiger partial charge in [-0.1, -0.05) is 19.1 Å². The molecule has 0 amide bonds. The lowest BCUT2D eigenvalue weighted by atomic mass is 9.92. The van der Waals surface area contributed by atoms with E-state index in [0.29, 0.717) is 12.5 Å². The molecule has 0 saturated heterocycles. The highest BCUT2D eigenvalue weighted by atomic mass is 16.5. The van der Waals surface area contributed by atoms with Crippen molar-refractivity contribution in [2.75, 3.05) is 32.1 Å². The fourth-order valence-electron chi connectivity index (χ4n) is 3.04. The second kappa shape index (κ2) is 6.48. The number of carbonyl (C=O) groups excluding carboxylic acids is 1. The first-order chi connectivity index (χ1) is 10.0. The number of rotatable bonds is 7. The standard InChI is InChI=1S/C17H26N2O2/c1-5-18-17(14-9-10-14,16(20)21-4)12-19(3)15-8-6-7-13(2)11-15/h6-8,11,14,18H,5,9-10,12H2,1-4H3. The summed E-state index contributed by atoms with van der Waals surface area (Å²) in [5.74, 6) is 0.225. The molecular formula is C17H26N2O2. The molecule has 1 atom stereocenters. The molecule has 116 valence electrons. The molecule has 1 aliphatic carbocycles. The minimum atomic E-state index is -0.595. The number of likely N-dealkylation sites (N-methyl/N-ethyl adjacent to an activating group) is 2. The van der Waals surface area contributed by atoms with Crippen LogP contribution in [0.1, 0.15) is 25.3 Å². The predicted molar refractivity (Wildman–Crippen MR) is 85.6 cm³/mol. The number of nitrogens with one attached hydrogen (secondary N) is 1. The van der Waals surface area contributed by atoms with Crippen molar-refractivity contribution in [2.24, 2.45) is 5.92 Å². The summed E-state index contributed by atoms with van der Waals surface area (Å²) >= 11 is 0. The predicted octanol–water partition coefficient (Wildman–Crippen LogP) is 2.36. The lowest BCUT2D eigenvalue weighted by molar-refractivity contribution is -0.149. The molecule has 0 bridgehead atoms. The molecule has 1 aliphatic rings. The van der Waals surface area contributed by atoms with E-state index in [-0.39, 0.29) is 5.97 Å². The molecule has 1 saturated carbocycles. The highest BCUT2D eigenvalue weighted by Crippen LogP contribution is 2.41. The van der Waals surface area contributed by atoms with Crippen molar-refractivity contribution in [1.82, 2.24) is 5.32 Å². The second-order valence-corrected chi connectivity index (χ2v) is 5.96. The average Bonchev–Trinajstić information content (AvgIpc) is 3.30. The maximum absolute atomic E-state index is 12.4. The molecule has 0 aromatic heterocycles. The normalized spacial score (nSPS) is 17.1. The van der Waals surface area contributed by atoms with E-state index >= 15 is 0 Å². The molecule has 21 heavy (non-hydrogen) atoms. The number of hydrogen-bond donors (Lipinski definition) is 1. The van der Waals surface area contributed by atoms with E-state index < -0.39 is 5.54 Å². The van der Waals surface area contributed by atoms with Gasteiger partial charge in [0, 0.05) is 19.3 Å². The highest BCUT2D eigenvalue weighted by Gasteiger charge is 2.52. The number of aryl methyl sites for hydroxylation is 1. The summed E-state index contributed by atoms with van der Waals surface area (Å²) in [4.78, 5) is 14.6. The maximum atomic E-state index is 12.4. The van der Waals surface area contributed by atoms with E-state index in [4.69, 9.17) is 4.74 Å². The molecule has 4 nitrogen and oxygen atoms in total. The number of carbonyl (C=O) groups is 1. The van der Waals surface area contributed by atoms with Gasteiger partial charge in [0.15, 0.2) is 0 Å². The summed E-state index contributed by atoms with van der Waals surface area (Å²) < 4.78 is 5.10. The smallest absolute Gasteiger partial charge is 0.328 e. The molecule has 0 spiro atoms. The van der Waals surface area contributed by atoms with Crippen molar-refractivity contribution < 1.29 is 9.53 Å². The molecule has 1 aromatic carbocycles. The third-order valence-corrected chi connectivity index (χ3v) is 4.25. The molecule has 0 heterocycles. The van der Waals surface area contributed by atoms with Gasteiger partial charge in [0.25, 0.3) is 0 Å². The van der Waals surface area contributed by atoms with Crippen LogP contribution >= 0.6 is 0 Å². The van der Waals surface area contributed by atoms with Crippen LogP contribution < -0.4 is 10.2 Å². The van der Waals surface area contributed by atoms with Crippen LogP contribution in [-0.4, -0.2) is 38.8 Å². The number of methoxy groups -OCH3 is 1. The van der Waals surface area contributed by atoms with Gasteiger partial charge in [-0.2, -0.15) is 0 Å². The van der Waals surface area contributed by atoms with Crippen LogP contribution in [0.2, 0.25) is 0 Å². The molecule has 1 aromatic rings. The fraction of sp³-hybridized carbons (Fsp3) is 0.588. The van der Waals surface area contributed by atoms with Crippen molar-refractivity contribution in [3.05, 3.63) is 29.8 Å². The van der Waals surface area contributed by atoms with Crippen LogP contribution in [-0.2, 0) is 9.53 Å². The average molecular weight is 290 g/mol. The Morgan fingerprint density at radius 2 is 2.19 bits per heavy atom. The molecule has 1 fully saturated rings. The number of benzene rings is 1. The van der Waals surface area contributed by atoms with Crippen LogP contribution in [0.3, 0.4) is 0 Å². The zero-order chi connectivity index (χ0) is 15.5. The second-order valence-electron chi connectivity index (χ2n) is 5.96. The van der Waals surface area contributed by atoms with Gasteiger partial charge in [0.05, 0.1) is 7.11 Å². The van der Waals surface area contributed by atoms with Crippen molar-refractivity contribution in [2.45, 2.75) is 32.2 Å². The monoisotopic (exact) mass is 290 g/mol. The lowest BCUT2D eigenvalue weighted by Crippen LogP contribution is -2.60. The van der Waals surface area contributed by atoms with Crippen molar-refractivity contribution in [3.63, 3.8) is 0 Å². The summed E-state index contributed by atoms with van der Waals surface area (Å²) in [6.45, 7) is 5.50. The van der Waals surface area contributed by atoms with E-state index in [9.17, 15) is 4.79 Å². The van der Waals surface area contributed by atoms with Gasteiger partial charge in [0.2, 0.25) is 0 Å². The van der Waals surface area contributed by atoms with E-state index in [1.165, 1.54) is 12.7 Å². The van der Waals surface area contributed by atoms with Gasteiger partial charge in [0.1, 0.15) is 5.54 Å². The summed E-state index contributed by atoms with van der Waals surface area (Å²) in [5.41, 5.74) is 1.75. The molecule has 1 unspecified atom stereocenters. The SMILES string of the molecule is CCNC(CN(C)c1cccc(C)c1)(C(=O)OC)C1CC1. The van der Waals surface area contributed by atoms with Crippen LogP contribution in [0.4, 0.5) is 5.69 Å². The number of anilines is 1. The van der Waals surface area contributed by atoms with Crippen LogP contribution in [0.5, 0.6) is 0 Å². The maximum Gasteiger partial charge on any atom is 0.328 e. The minimum absolute atomic E-state index is 0.147. The molecule has 4 heteroatoms. The summed E-state index contributed by atoms with van der Waals surface area (Å²) in [6, 6.07) is 8.34. The number of hydrogen-bond acceptors (Lipinski definition) is 4. The van der Waals surface area contributed by atoms with Crippen molar-refractivity contribution in [3.8, 4) is 0 Å². The zero-order valence-corrected chi connectivity index (χ0v) is 13.5. The van der Waals surface area contributed by atoms with Gasteiger partial charge < -0.3 is 15.0 Å². The Kier molecular flexibility index (Phi) is 4.88. The van der Waals surface area contributed by atoms with E-state index in [2.05, 4.69) is 35.3 Å². The van der Waals surface area contributed by atoms with E-state index in [1.807, 2.05) is 20.0 Å². The van der Waals surface area contributed by atoms with Gasteiger partial charge in [-0.15, -0.1) is 0 Å². The van der Waals surface area contributed by atoms with E-state index in [0.717, 1.165) is 25.1 Å². The summed E-state index contributed by atoms with van der Waals surface area (Å²) in [6.07, 6.45) is 2.17. The number of nitrogens with zero attached hydrogens (tertiary/aromatic N) is 1. The topological polar surface area (TPSA) is 41.6 Å². The molecule has 2 rings (SSSR count). The Balaban J connectivity index is 2.23. The Morgan fingerprint density at radius 1 is 1.48 bits per heavy atom. The van der Waals surface area contributed by atoms with Gasteiger partial charge >= 0.3 is 5.97 Å². The number of ether oxygens (including phenoxy) is 1. The highest BCUT2D eigenvalue weighted by molar-refractivity contribution is 5.83. The summed E-state index contributed by atoms with van der Waals surface area (Å²) in [5, 5.41) is 3.41. The first-order valence-electron chi connectivity index (χ1n) is 7.64.